The molecular weight excluding hydrogens is 338 g/mol. The van der Waals surface area contributed by atoms with Crippen molar-refractivity contribution in [2.75, 3.05) is 5.75 Å². The molecule has 4 aromatic rings. The number of pyridine rings is 1. The number of fused-ring (bicyclic) bond motifs is 1. The zero-order valence-electron chi connectivity index (χ0n) is 14.2. The Kier molecular flexibility index (Phi) is 4.74. The Morgan fingerprint density at radius 2 is 1.50 bits per heavy atom. The molecule has 0 aliphatic rings. The molecule has 0 spiro atoms. The summed E-state index contributed by atoms with van der Waals surface area (Å²) in [5.41, 5.74) is 0.590. The molecule has 0 saturated carbocycles. The van der Waals surface area contributed by atoms with Crippen molar-refractivity contribution in [1.29, 1.82) is 0 Å². The normalized spacial score (nSPS) is 13.4. The minimum atomic E-state index is -1.09. The molecule has 1 heterocycles. The fourth-order valence-corrected chi connectivity index (χ4v) is 4.18. The molecule has 0 fully saturated rings. The highest BCUT2D eigenvalue weighted by molar-refractivity contribution is 7.99. The number of thioether (sulfide) groups is 1. The van der Waals surface area contributed by atoms with E-state index in [0.29, 0.717) is 5.75 Å². The van der Waals surface area contributed by atoms with E-state index in [4.69, 9.17) is 0 Å². The van der Waals surface area contributed by atoms with Crippen molar-refractivity contribution >= 4 is 22.5 Å². The van der Waals surface area contributed by atoms with Gasteiger partial charge in [-0.3, -0.25) is 4.98 Å². The zero-order chi connectivity index (χ0) is 17.8. The van der Waals surface area contributed by atoms with Crippen LogP contribution < -0.4 is 0 Å². The number of benzene rings is 3. The molecule has 4 rings (SSSR count). The topological polar surface area (TPSA) is 33.1 Å². The lowest BCUT2D eigenvalue weighted by Crippen LogP contribution is -2.30. The van der Waals surface area contributed by atoms with E-state index >= 15 is 0 Å². The van der Waals surface area contributed by atoms with Gasteiger partial charge in [-0.05, 0) is 34.5 Å². The van der Waals surface area contributed by atoms with Crippen LogP contribution in [0.5, 0.6) is 0 Å². The maximum Gasteiger partial charge on any atom is 0.125 e. The summed E-state index contributed by atoms with van der Waals surface area (Å²) >= 11 is 1.65. The largest absolute Gasteiger partial charge is 0.379 e. The molecule has 128 valence electrons. The Balaban J connectivity index is 1.66. The summed E-state index contributed by atoms with van der Waals surface area (Å²) < 4.78 is 0. The van der Waals surface area contributed by atoms with Gasteiger partial charge in [0.15, 0.2) is 0 Å². The van der Waals surface area contributed by atoms with E-state index in [9.17, 15) is 5.11 Å². The Labute approximate surface area is 157 Å². The second-order valence-corrected chi connectivity index (χ2v) is 7.31. The highest BCUT2D eigenvalue weighted by Crippen LogP contribution is 2.35. The second kappa shape index (κ2) is 7.32. The van der Waals surface area contributed by atoms with E-state index in [1.54, 1.807) is 24.2 Å². The predicted molar refractivity (Wildman–Crippen MR) is 108 cm³/mol. The van der Waals surface area contributed by atoms with Crippen molar-refractivity contribution in [2.45, 2.75) is 10.5 Å². The lowest BCUT2D eigenvalue weighted by molar-refractivity contribution is 0.107. The summed E-state index contributed by atoms with van der Waals surface area (Å²) in [5.74, 6) is 0.515. The van der Waals surface area contributed by atoms with Crippen LogP contribution in [0.15, 0.2) is 102 Å². The fourth-order valence-electron chi connectivity index (χ4n) is 3.10. The van der Waals surface area contributed by atoms with Gasteiger partial charge in [0, 0.05) is 28.6 Å². The van der Waals surface area contributed by atoms with Crippen LogP contribution in [0.4, 0.5) is 0 Å². The molecule has 26 heavy (non-hydrogen) atoms. The molecule has 0 amide bonds. The first kappa shape index (κ1) is 16.8. The molecule has 1 atom stereocenters. The quantitative estimate of drug-likeness (QED) is 0.494. The maximum absolute atomic E-state index is 11.6. The van der Waals surface area contributed by atoms with Crippen LogP contribution in [-0.4, -0.2) is 15.8 Å². The molecule has 3 heteroatoms. The molecular formula is C23H19NOS. The summed E-state index contributed by atoms with van der Waals surface area (Å²) in [4.78, 5) is 5.34. The Morgan fingerprint density at radius 3 is 2.27 bits per heavy atom. The molecule has 0 bridgehead atoms. The number of nitrogens with zero attached hydrogens (tertiary/aromatic N) is 1. The summed E-state index contributed by atoms with van der Waals surface area (Å²) in [6.07, 6.45) is 3.47. The van der Waals surface area contributed by atoms with Gasteiger partial charge in [0.25, 0.3) is 0 Å². The van der Waals surface area contributed by atoms with Crippen molar-refractivity contribution in [3.05, 3.63) is 108 Å². The smallest absolute Gasteiger partial charge is 0.125 e. The van der Waals surface area contributed by atoms with Crippen LogP contribution >= 0.6 is 11.8 Å². The number of hydrogen-bond donors (Lipinski definition) is 1. The van der Waals surface area contributed by atoms with Crippen LogP contribution in [-0.2, 0) is 5.60 Å². The number of aromatic nitrogens is 1. The van der Waals surface area contributed by atoms with E-state index in [-0.39, 0.29) is 0 Å². The molecule has 1 unspecified atom stereocenters. The summed E-state index contributed by atoms with van der Waals surface area (Å²) in [7, 11) is 0. The van der Waals surface area contributed by atoms with Gasteiger partial charge >= 0.3 is 0 Å². The molecule has 1 aromatic heterocycles. The molecule has 0 aliphatic heterocycles. The highest BCUT2D eigenvalue weighted by atomic mass is 32.2. The average molecular weight is 357 g/mol. The van der Waals surface area contributed by atoms with Crippen LogP contribution in [0, 0.1) is 0 Å². The number of hydrogen-bond acceptors (Lipinski definition) is 3. The lowest BCUT2D eigenvalue weighted by atomic mass is 9.89. The van der Waals surface area contributed by atoms with E-state index < -0.39 is 5.60 Å². The van der Waals surface area contributed by atoms with Crippen molar-refractivity contribution in [2.24, 2.45) is 0 Å². The molecule has 3 aromatic carbocycles. The standard InChI is InChI=1S/C23H19NOS/c25-23(20-9-2-1-3-10-20,21-11-6-14-24-16-21)17-26-22-13-12-18-7-4-5-8-19(18)15-22/h1-16,25H,17H2. The summed E-state index contributed by atoms with van der Waals surface area (Å²) in [6, 6.07) is 28.3. The zero-order valence-corrected chi connectivity index (χ0v) is 15.1. The Bertz CT molecular complexity index is 963. The SMILES string of the molecule is OC(CSc1ccc2ccccc2c1)(c1ccccc1)c1cccnc1. The van der Waals surface area contributed by atoms with E-state index in [0.717, 1.165) is 16.0 Å². The average Bonchev–Trinajstić information content (AvgIpc) is 2.73. The predicted octanol–water partition coefficient (Wildman–Crippen LogP) is 5.26. The Morgan fingerprint density at radius 1 is 0.769 bits per heavy atom. The molecule has 0 aliphatic carbocycles. The first-order valence-electron chi connectivity index (χ1n) is 8.56. The lowest BCUT2D eigenvalue weighted by Gasteiger charge is -2.28. The molecule has 0 saturated heterocycles. The third kappa shape index (κ3) is 3.36. The van der Waals surface area contributed by atoms with Crippen molar-refractivity contribution in [3.63, 3.8) is 0 Å². The van der Waals surface area contributed by atoms with E-state index in [1.165, 1.54) is 10.8 Å². The van der Waals surface area contributed by atoms with E-state index in [2.05, 4.69) is 35.3 Å². The third-order valence-corrected chi connectivity index (χ3v) is 5.71. The van der Waals surface area contributed by atoms with Gasteiger partial charge in [0.2, 0.25) is 0 Å². The summed E-state index contributed by atoms with van der Waals surface area (Å²) in [5, 5.41) is 14.0. The van der Waals surface area contributed by atoms with Crippen molar-refractivity contribution in [1.82, 2.24) is 4.98 Å². The minimum Gasteiger partial charge on any atom is -0.379 e. The monoisotopic (exact) mass is 357 g/mol. The van der Waals surface area contributed by atoms with Crippen molar-refractivity contribution in [3.8, 4) is 0 Å². The maximum atomic E-state index is 11.6. The van der Waals surface area contributed by atoms with Crippen molar-refractivity contribution < 1.29 is 5.11 Å². The van der Waals surface area contributed by atoms with Crippen LogP contribution in [0.1, 0.15) is 11.1 Å². The second-order valence-electron chi connectivity index (χ2n) is 6.27. The first-order valence-corrected chi connectivity index (χ1v) is 9.54. The van der Waals surface area contributed by atoms with Gasteiger partial charge in [-0.25, -0.2) is 0 Å². The summed E-state index contributed by atoms with van der Waals surface area (Å²) in [6.45, 7) is 0. The molecule has 1 N–H and O–H groups in total. The van der Waals surface area contributed by atoms with Gasteiger partial charge in [-0.2, -0.15) is 0 Å². The van der Waals surface area contributed by atoms with Crippen LogP contribution in [0.25, 0.3) is 10.8 Å². The van der Waals surface area contributed by atoms with Gasteiger partial charge in [0.1, 0.15) is 5.60 Å². The number of aliphatic hydroxyl groups is 1. The van der Waals surface area contributed by atoms with Crippen LogP contribution in [0.2, 0.25) is 0 Å². The first-order chi connectivity index (χ1) is 12.8. The number of rotatable bonds is 5. The Hall–Kier alpha value is -2.62. The van der Waals surface area contributed by atoms with Gasteiger partial charge in [-0.15, -0.1) is 11.8 Å². The van der Waals surface area contributed by atoms with Gasteiger partial charge in [0.05, 0.1) is 0 Å². The van der Waals surface area contributed by atoms with E-state index in [1.807, 2.05) is 54.6 Å². The highest BCUT2D eigenvalue weighted by Gasteiger charge is 2.31. The molecule has 2 nitrogen and oxygen atoms in total. The fraction of sp³-hybridized carbons (Fsp3) is 0.0870. The van der Waals surface area contributed by atoms with Gasteiger partial charge < -0.3 is 5.11 Å². The molecule has 0 radical (unpaired) electrons. The van der Waals surface area contributed by atoms with Gasteiger partial charge in [-0.1, -0.05) is 66.7 Å². The van der Waals surface area contributed by atoms with Crippen LogP contribution in [0.3, 0.4) is 0 Å². The third-order valence-electron chi connectivity index (χ3n) is 4.56. The minimum absolute atomic E-state index is 0.515.